The van der Waals surface area contributed by atoms with Gasteiger partial charge in [-0.3, -0.25) is 14.4 Å². The van der Waals surface area contributed by atoms with Crippen molar-refractivity contribution in [3.05, 3.63) is 71.1 Å². The number of carbonyl (C=O) groups is 3. The topological polar surface area (TPSA) is 90.5 Å². The Hall–Kier alpha value is -2.88. The number of thiophene rings is 1. The zero-order valence-electron chi connectivity index (χ0n) is 22.8. The van der Waals surface area contributed by atoms with Crippen molar-refractivity contribution < 1.29 is 14.4 Å². The number of benzene rings is 2. The van der Waals surface area contributed by atoms with E-state index in [1.807, 2.05) is 72.4 Å². The van der Waals surface area contributed by atoms with Crippen LogP contribution < -0.4 is 16.0 Å². The highest BCUT2D eigenvalue weighted by Crippen LogP contribution is 2.32. The summed E-state index contributed by atoms with van der Waals surface area (Å²) in [4.78, 5) is 43.6. The number of fused-ring (bicyclic) bond motifs is 1. The van der Waals surface area contributed by atoms with Gasteiger partial charge in [-0.2, -0.15) is 11.8 Å². The molecule has 3 N–H and O–H groups in total. The van der Waals surface area contributed by atoms with Gasteiger partial charge >= 0.3 is 0 Å². The van der Waals surface area contributed by atoms with E-state index in [0.717, 1.165) is 54.5 Å². The Labute approximate surface area is 244 Å². The third-order valence-corrected chi connectivity index (χ3v) is 9.91. The first-order valence-electron chi connectivity index (χ1n) is 14.3. The van der Waals surface area contributed by atoms with Crippen molar-refractivity contribution >= 4 is 50.9 Å². The van der Waals surface area contributed by atoms with Gasteiger partial charge in [-0.1, -0.05) is 61.4 Å². The van der Waals surface area contributed by atoms with Gasteiger partial charge in [0.2, 0.25) is 11.8 Å². The molecule has 1 aliphatic carbocycles. The van der Waals surface area contributed by atoms with Crippen LogP contribution in [0.25, 0.3) is 10.1 Å². The van der Waals surface area contributed by atoms with E-state index in [1.54, 1.807) is 0 Å². The van der Waals surface area contributed by atoms with Crippen LogP contribution in [0.5, 0.6) is 0 Å². The van der Waals surface area contributed by atoms with Crippen LogP contribution in [0.15, 0.2) is 60.7 Å². The first kappa shape index (κ1) is 28.6. The molecule has 0 unspecified atom stereocenters. The average Bonchev–Trinajstić information content (AvgIpc) is 3.64. The fourth-order valence-electron chi connectivity index (χ4n) is 5.58. The van der Waals surface area contributed by atoms with Crippen molar-refractivity contribution in [2.45, 2.75) is 50.1 Å². The maximum Gasteiger partial charge on any atom is 0.262 e. The van der Waals surface area contributed by atoms with Crippen LogP contribution >= 0.6 is 23.1 Å². The van der Waals surface area contributed by atoms with E-state index >= 15 is 0 Å². The molecule has 7 nitrogen and oxygen atoms in total. The molecule has 0 spiro atoms. The first-order chi connectivity index (χ1) is 19.5. The summed E-state index contributed by atoms with van der Waals surface area (Å²) in [6.07, 6.45) is 4.08. The van der Waals surface area contributed by atoms with E-state index in [1.165, 1.54) is 22.8 Å². The summed E-state index contributed by atoms with van der Waals surface area (Å²) < 4.78 is 1.04. The molecule has 1 saturated carbocycles. The number of rotatable bonds is 11. The third kappa shape index (κ3) is 7.25. The smallest absolute Gasteiger partial charge is 0.262 e. The van der Waals surface area contributed by atoms with Crippen LogP contribution in [0.2, 0.25) is 0 Å². The Morgan fingerprint density at radius 1 is 0.950 bits per heavy atom. The molecular formula is C31H38N4O3S2. The molecule has 40 heavy (non-hydrogen) atoms. The molecule has 2 aromatic carbocycles. The Balaban J connectivity index is 1.25. The average molecular weight is 579 g/mol. The summed E-state index contributed by atoms with van der Waals surface area (Å²) in [5.41, 5.74) is -0.0436. The number of amides is 3. The second-order valence-electron chi connectivity index (χ2n) is 10.7. The summed E-state index contributed by atoms with van der Waals surface area (Å²) in [6, 6.07) is 18.8. The van der Waals surface area contributed by atoms with E-state index < -0.39 is 11.6 Å². The zero-order chi connectivity index (χ0) is 27.8. The second kappa shape index (κ2) is 13.7. The summed E-state index contributed by atoms with van der Waals surface area (Å²) in [7, 11) is 0. The van der Waals surface area contributed by atoms with Crippen molar-refractivity contribution in [1.29, 1.82) is 0 Å². The van der Waals surface area contributed by atoms with Gasteiger partial charge in [0.05, 0.1) is 4.88 Å². The van der Waals surface area contributed by atoms with Gasteiger partial charge in [-0.15, -0.1) is 11.3 Å². The van der Waals surface area contributed by atoms with Crippen LogP contribution in [0.1, 0.15) is 47.3 Å². The normalized spacial score (nSPS) is 17.8. The van der Waals surface area contributed by atoms with Gasteiger partial charge in [-0.25, -0.2) is 0 Å². The lowest BCUT2D eigenvalue weighted by atomic mass is 9.94. The van der Waals surface area contributed by atoms with E-state index in [0.29, 0.717) is 30.7 Å². The van der Waals surface area contributed by atoms with Crippen LogP contribution in [-0.4, -0.2) is 71.9 Å². The summed E-state index contributed by atoms with van der Waals surface area (Å²) >= 11 is 3.42. The molecule has 1 aromatic heterocycles. The number of hydrogen-bond donors (Lipinski definition) is 3. The van der Waals surface area contributed by atoms with Crippen molar-refractivity contribution in [3.8, 4) is 0 Å². The molecule has 2 heterocycles. The maximum atomic E-state index is 13.8. The molecule has 0 radical (unpaired) electrons. The number of thioether (sulfide) groups is 1. The Bertz CT molecular complexity index is 1270. The number of carbonyl (C=O) groups excluding carboxylic acids is 3. The van der Waals surface area contributed by atoms with Gasteiger partial charge in [0.15, 0.2) is 0 Å². The van der Waals surface area contributed by atoms with Crippen LogP contribution in [0.4, 0.5) is 0 Å². The van der Waals surface area contributed by atoms with Crippen molar-refractivity contribution in [3.63, 3.8) is 0 Å². The molecule has 3 aromatic rings. The van der Waals surface area contributed by atoms with E-state index in [4.69, 9.17) is 0 Å². The molecule has 1 saturated heterocycles. The Kier molecular flexibility index (Phi) is 9.78. The predicted molar refractivity (Wildman–Crippen MR) is 164 cm³/mol. The Morgan fingerprint density at radius 3 is 2.42 bits per heavy atom. The van der Waals surface area contributed by atoms with E-state index in [2.05, 4.69) is 20.9 Å². The minimum atomic E-state index is -1.02. The standard InChI is InChI=1S/C31H38N4O3S2/c36-28(32-15-8-16-35-17-19-39-20-18-35)25(21-23-9-2-1-3-10-23)33-30(38)31(13-6-7-14-31)34-29(37)27-22-24-11-4-5-12-26(24)40-27/h1-5,9-12,22,25H,6-8,13-21H2,(H,32,36)(H,33,38)(H,34,37)/t25-/m1/s1. The van der Waals surface area contributed by atoms with E-state index in [9.17, 15) is 14.4 Å². The first-order valence-corrected chi connectivity index (χ1v) is 16.2. The molecule has 2 fully saturated rings. The monoisotopic (exact) mass is 578 g/mol. The van der Waals surface area contributed by atoms with Gasteiger partial charge < -0.3 is 20.9 Å². The van der Waals surface area contributed by atoms with Crippen molar-refractivity contribution in [1.82, 2.24) is 20.9 Å². The highest BCUT2D eigenvalue weighted by atomic mass is 32.2. The van der Waals surface area contributed by atoms with Crippen LogP contribution in [0.3, 0.4) is 0 Å². The molecule has 3 amide bonds. The summed E-state index contributed by atoms with van der Waals surface area (Å²) in [5, 5.41) is 10.2. The largest absolute Gasteiger partial charge is 0.354 e. The van der Waals surface area contributed by atoms with Crippen molar-refractivity contribution in [2.75, 3.05) is 37.7 Å². The number of nitrogens with zero attached hydrogens (tertiary/aromatic N) is 1. The zero-order valence-corrected chi connectivity index (χ0v) is 24.5. The Morgan fingerprint density at radius 2 is 1.68 bits per heavy atom. The third-order valence-electron chi connectivity index (χ3n) is 7.85. The van der Waals surface area contributed by atoms with Crippen molar-refractivity contribution in [2.24, 2.45) is 0 Å². The highest BCUT2D eigenvalue weighted by molar-refractivity contribution is 7.99. The lowest BCUT2D eigenvalue weighted by Crippen LogP contribution is -2.61. The minimum absolute atomic E-state index is 0.185. The van der Waals surface area contributed by atoms with Crippen LogP contribution in [-0.2, 0) is 16.0 Å². The molecule has 2 aliphatic rings. The fourth-order valence-corrected chi connectivity index (χ4v) is 7.51. The minimum Gasteiger partial charge on any atom is -0.354 e. The van der Waals surface area contributed by atoms with Gasteiger partial charge in [-0.05, 0) is 48.9 Å². The molecule has 5 rings (SSSR count). The molecule has 212 valence electrons. The molecule has 1 atom stereocenters. The lowest BCUT2D eigenvalue weighted by molar-refractivity contribution is -0.132. The second-order valence-corrected chi connectivity index (χ2v) is 13.0. The van der Waals surface area contributed by atoms with Crippen LogP contribution in [0, 0.1) is 0 Å². The van der Waals surface area contributed by atoms with Gasteiger partial charge in [0, 0.05) is 42.3 Å². The molecular weight excluding hydrogens is 541 g/mol. The fraction of sp³-hybridized carbons (Fsp3) is 0.452. The van der Waals surface area contributed by atoms with Gasteiger partial charge in [0.1, 0.15) is 11.6 Å². The number of nitrogens with one attached hydrogen (secondary N) is 3. The maximum absolute atomic E-state index is 13.8. The summed E-state index contributed by atoms with van der Waals surface area (Å²) in [5.74, 6) is 1.63. The molecule has 9 heteroatoms. The van der Waals surface area contributed by atoms with E-state index in [-0.39, 0.29) is 17.7 Å². The lowest BCUT2D eigenvalue weighted by Gasteiger charge is -2.31. The molecule has 1 aliphatic heterocycles. The SMILES string of the molecule is O=C(NC1(C(=O)N[C@H](Cc2ccccc2)C(=O)NCCCN2CCSCC2)CCCC1)c1cc2ccccc2s1. The quantitative estimate of drug-likeness (QED) is 0.297. The number of hydrogen-bond acceptors (Lipinski definition) is 6. The summed E-state index contributed by atoms with van der Waals surface area (Å²) in [6.45, 7) is 3.72. The highest BCUT2D eigenvalue weighted by Gasteiger charge is 2.44. The molecule has 0 bridgehead atoms. The predicted octanol–water partition coefficient (Wildman–Crippen LogP) is 4.23. The van der Waals surface area contributed by atoms with Gasteiger partial charge in [0.25, 0.3) is 5.91 Å².